The molecule has 1 amide bonds. The summed E-state index contributed by atoms with van der Waals surface area (Å²) in [6, 6.07) is 13.1. The van der Waals surface area contributed by atoms with Crippen LogP contribution in [0, 0.1) is 5.92 Å². The number of amides is 1. The maximum atomic E-state index is 12.7. The monoisotopic (exact) mass is 401 g/mol. The average Bonchev–Trinajstić information content (AvgIpc) is 3.64. The smallest absolute Gasteiger partial charge is 0.253 e. The van der Waals surface area contributed by atoms with Crippen molar-refractivity contribution >= 4 is 11.6 Å². The van der Waals surface area contributed by atoms with Crippen LogP contribution >= 0.6 is 0 Å². The first-order valence-electron chi connectivity index (χ1n) is 10.2. The third kappa shape index (κ3) is 7.74. The van der Waals surface area contributed by atoms with E-state index in [-0.39, 0.29) is 11.9 Å². The second-order valence-corrected chi connectivity index (χ2v) is 6.27. The number of nitrogens with one attached hydrogen (secondary N) is 2. The van der Waals surface area contributed by atoms with E-state index in [0.717, 1.165) is 30.8 Å². The van der Waals surface area contributed by atoms with Crippen molar-refractivity contribution in [2.75, 3.05) is 33.2 Å². The number of aromatic nitrogens is 1. The van der Waals surface area contributed by atoms with Gasteiger partial charge in [-0.2, -0.15) is 0 Å². The first kappa shape index (κ1) is 24.4. The first-order chi connectivity index (χ1) is 14.1. The fourth-order valence-electron chi connectivity index (χ4n) is 2.70. The molecule has 1 saturated carbocycles. The quantitative estimate of drug-likeness (QED) is 0.704. The molecule has 0 aliphatic heterocycles. The fraction of sp³-hybridized carbons (Fsp3) is 0.478. The van der Waals surface area contributed by atoms with Gasteiger partial charge in [-0.05, 0) is 43.9 Å². The molecule has 1 aliphatic rings. The van der Waals surface area contributed by atoms with Gasteiger partial charge in [0.1, 0.15) is 0 Å². The molecule has 2 aromatic rings. The number of methoxy groups -OCH3 is 2. The number of hydrogen-bond acceptors (Lipinski definition) is 5. The fourth-order valence-corrected chi connectivity index (χ4v) is 2.70. The minimum Gasteiger partial charge on any atom is -0.481 e. The highest BCUT2D eigenvalue weighted by atomic mass is 16.5. The van der Waals surface area contributed by atoms with Gasteiger partial charge in [0.2, 0.25) is 5.88 Å². The average molecular weight is 402 g/mol. The number of para-hydroxylation sites is 1. The molecule has 1 aromatic carbocycles. The van der Waals surface area contributed by atoms with Crippen molar-refractivity contribution in [2.24, 2.45) is 5.92 Å². The third-order valence-electron chi connectivity index (χ3n) is 4.38. The largest absolute Gasteiger partial charge is 0.481 e. The molecule has 6 nitrogen and oxygen atoms in total. The zero-order chi connectivity index (χ0) is 21.6. The van der Waals surface area contributed by atoms with E-state index >= 15 is 0 Å². The molecule has 0 radical (unpaired) electrons. The van der Waals surface area contributed by atoms with Gasteiger partial charge >= 0.3 is 0 Å². The van der Waals surface area contributed by atoms with Crippen molar-refractivity contribution in [3.8, 4) is 5.88 Å². The molecule has 0 spiro atoms. The van der Waals surface area contributed by atoms with E-state index in [9.17, 15) is 4.79 Å². The van der Waals surface area contributed by atoms with E-state index in [1.807, 2.05) is 70.3 Å². The Morgan fingerprint density at radius 2 is 1.79 bits per heavy atom. The SMILES string of the molecule is CC.CCOC.CNc1ccccc1C(=O)NC(c1cccc(OC)n1)C1CC1. The predicted octanol–water partition coefficient (Wildman–Crippen LogP) is 4.69. The van der Waals surface area contributed by atoms with Gasteiger partial charge in [-0.25, -0.2) is 4.98 Å². The standard InChI is InChI=1S/C18H21N3O2.C3H8O.C2H6/c1-19-14-7-4-3-6-13(14)18(22)21-17(12-10-11-12)15-8-5-9-16(20-15)23-2;1-3-4-2;1-2/h3-9,12,17,19H,10-11H2,1-2H3,(H,21,22);3H2,1-2H3;1-2H3. The molecule has 1 fully saturated rings. The van der Waals surface area contributed by atoms with Crippen molar-refractivity contribution in [3.05, 3.63) is 53.7 Å². The van der Waals surface area contributed by atoms with Crippen molar-refractivity contribution in [1.82, 2.24) is 10.3 Å². The molecule has 1 atom stereocenters. The van der Waals surface area contributed by atoms with Crippen molar-refractivity contribution in [3.63, 3.8) is 0 Å². The summed E-state index contributed by atoms with van der Waals surface area (Å²) in [6.45, 7) is 6.78. The van der Waals surface area contributed by atoms with Gasteiger partial charge in [0.25, 0.3) is 5.91 Å². The van der Waals surface area contributed by atoms with Gasteiger partial charge in [-0.3, -0.25) is 4.79 Å². The number of hydrogen-bond donors (Lipinski definition) is 2. The Morgan fingerprint density at radius 3 is 2.34 bits per heavy atom. The van der Waals surface area contributed by atoms with Crippen molar-refractivity contribution < 1.29 is 14.3 Å². The van der Waals surface area contributed by atoms with Crippen LogP contribution in [-0.4, -0.2) is 38.8 Å². The van der Waals surface area contributed by atoms with Gasteiger partial charge in [0.15, 0.2) is 0 Å². The lowest BCUT2D eigenvalue weighted by Gasteiger charge is -2.19. The number of nitrogens with zero attached hydrogens (tertiary/aromatic N) is 1. The molecule has 1 unspecified atom stereocenters. The Morgan fingerprint density at radius 1 is 1.14 bits per heavy atom. The number of carbonyl (C=O) groups is 1. The summed E-state index contributed by atoms with van der Waals surface area (Å²) in [5, 5.41) is 6.20. The highest BCUT2D eigenvalue weighted by Gasteiger charge is 2.35. The molecular formula is C23H35N3O3. The molecule has 1 aromatic heterocycles. The summed E-state index contributed by atoms with van der Waals surface area (Å²) >= 11 is 0. The minimum absolute atomic E-state index is 0.0810. The van der Waals surface area contributed by atoms with Gasteiger partial charge in [-0.15, -0.1) is 0 Å². The lowest BCUT2D eigenvalue weighted by Crippen LogP contribution is -2.31. The van der Waals surface area contributed by atoms with Gasteiger partial charge < -0.3 is 20.1 Å². The number of anilines is 1. The van der Waals surface area contributed by atoms with E-state index in [0.29, 0.717) is 17.4 Å². The zero-order valence-corrected chi connectivity index (χ0v) is 18.5. The summed E-state index contributed by atoms with van der Waals surface area (Å²) in [5.74, 6) is 0.926. The van der Waals surface area contributed by atoms with Crippen LogP contribution in [0.2, 0.25) is 0 Å². The molecule has 0 bridgehead atoms. The molecule has 1 aliphatic carbocycles. The maximum Gasteiger partial charge on any atom is 0.253 e. The predicted molar refractivity (Wildman–Crippen MR) is 119 cm³/mol. The van der Waals surface area contributed by atoms with Crippen LogP contribution in [0.1, 0.15) is 55.7 Å². The third-order valence-corrected chi connectivity index (χ3v) is 4.38. The number of rotatable bonds is 7. The van der Waals surface area contributed by atoms with Crippen LogP contribution in [-0.2, 0) is 4.74 Å². The Bertz CT molecular complexity index is 731. The maximum absolute atomic E-state index is 12.7. The van der Waals surface area contributed by atoms with E-state index in [1.54, 1.807) is 14.2 Å². The van der Waals surface area contributed by atoms with Crippen LogP contribution in [0.5, 0.6) is 5.88 Å². The first-order valence-corrected chi connectivity index (χ1v) is 10.2. The van der Waals surface area contributed by atoms with Crippen molar-refractivity contribution in [1.29, 1.82) is 0 Å². The van der Waals surface area contributed by atoms with Crippen LogP contribution < -0.4 is 15.4 Å². The molecule has 29 heavy (non-hydrogen) atoms. The van der Waals surface area contributed by atoms with Crippen molar-refractivity contribution in [2.45, 2.75) is 39.7 Å². The zero-order valence-electron chi connectivity index (χ0n) is 18.5. The second-order valence-electron chi connectivity index (χ2n) is 6.27. The molecule has 2 N–H and O–H groups in total. The van der Waals surface area contributed by atoms with E-state index in [1.165, 1.54) is 0 Å². The Kier molecular flexibility index (Phi) is 11.4. The minimum atomic E-state index is -0.0866. The number of pyridine rings is 1. The summed E-state index contributed by atoms with van der Waals surface area (Å²) in [4.78, 5) is 17.2. The summed E-state index contributed by atoms with van der Waals surface area (Å²) < 4.78 is 9.74. The Hall–Kier alpha value is -2.60. The molecular weight excluding hydrogens is 366 g/mol. The van der Waals surface area contributed by atoms with E-state index < -0.39 is 0 Å². The summed E-state index contributed by atoms with van der Waals surface area (Å²) in [5.41, 5.74) is 2.31. The van der Waals surface area contributed by atoms with Crippen LogP contribution in [0.25, 0.3) is 0 Å². The van der Waals surface area contributed by atoms with Gasteiger partial charge in [0, 0.05) is 32.5 Å². The van der Waals surface area contributed by atoms with Gasteiger partial charge in [0.05, 0.1) is 24.4 Å². The summed E-state index contributed by atoms with van der Waals surface area (Å²) in [6.07, 6.45) is 2.22. The molecule has 3 rings (SSSR count). The second kappa shape index (κ2) is 13.6. The molecule has 1 heterocycles. The number of benzene rings is 1. The lowest BCUT2D eigenvalue weighted by atomic mass is 10.1. The van der Waals surface area contributed by atoms with Crippen LogP contribution in [0.3, 0.4) is 0 Å². The summed E-state index contributed by atoms with van der Waals surface area (Å²) in [7, 11) is 5.09. The normalized spacial score (nSPS) is 13.0. The lowest BCUT2D eigenvalue weighted by molar-refractivity contribution is 0.0931. The molecule has 0 saturated heterocycles. The number of carbonyl (C=O) groups excluding carboxylic acids is 1. The van der Waals surface area contributed by atoms with Crippen LogP contribution in [0.4, 0.5) is 5.69 Å². The van der Waals surface area contributed by atoms with Crippen LogP contribution in [0.15, 0.2) is 42.5 Å². The molecule has 160 valence electrons. The van der Waals surface area contributed by atoms with E-state index in [2.05, 4.69) is 20.4 Å². The van der Waals surface area contributed by atoms with Gasteiger partial charge in [-0.1, -0.05) is 32.0 Å². The topological polar surface area (TPSA) is 72.5 Å². The Labute approximate surface area is 175 Å². The highest BCUT2D eigenvalue weighted by molar-refractivity contribution is 5.99. The number of ether oxygens (including phenoxy) is 2. The molecule has 6 heteroatoms. The Balaban J connectivity index is 0.000000627. The van der Waals surface area contributed by atoms with E-state index in [4.69, 9.17) is 4.74 Å². The highest BCUT2D eigenvalue weighted by Crippen LogP contribution is 2.41.